The molecule has 0 aromatic heterocycles. The fraction of sp³-hybridized carbons (Fsp3) is 0.962. The van der Waals surface area contributed by atoms with Gasteiger partial charge in [0.2, 0.25) is 6.29 Å². The van der Waals surface area contributed by atoms with E-state index in [4.69, 9.17) is 33.1 Å². The van der Waals surface area contributed by atoms with Crippen LogP contribution in [0.15, 0.2) is 0 Å². The van der Waals surface area contributed by atoms with Crippen molar-refractivity contribution in [3.63, 3.8) is 0 Å². The molecule has 2 fully saturated rings. The van der Waals surface area contributed by atoms with Gasteiger partial charge in [0.15, 0.2) is 36.9 Å². The molecule has 0 amide bonds. The summed E-state index contributed by atoms with van der Waals surface area (Å²) in [6.45, 7) is 8.14. The third-order valence-corrected chi connectivity index (χ3v) is 14.6. The summed E-state index contributed by atoms with van der Waals surface area (Å²) in [7, 11) is 0. The van der Waals surface area contributed by atoms with Gasteiger partial charge >= 0.3 is 11.9 Å². The van der Waals surface area contributed by atoms with Gasteiger partial charge in [0.1, 0.15) is 30.5 Å². The highest BCUT2D eigenvalue weighted by Gasteiger charge is 2.54. The largest absolute Gasteiger partial charge is 0.455 e. The molecule has 2 heterocycles. The summed E-state index contributed by atoms with van der Waals surface area (Å²) in [5, 5.41) is 76.6. The Hall–Kier alpha value is -1.23. The molecule has 0 aromatic rings. The van der Waals surface area contributed by atoms with E-state index in [2.05, 4.69) is 23.2 Å². The molecule has 14 unspecified atom stereocenters. The van der Waals surface area contributed by atoms with Gasteiger partial charge in [-0.1, -0.05) is 207 Å². The van der Waals surface area contributed by atoms with E-state index < -0.39 is 105 Å². The molecule has 2 aliphatic heterocycles. The van der Waals surface area contributed by atoms with Crippen LogP contribution in [-0.2, 0) is 46.8 Å². The number of ether oxygens (including phenoxy) is 5. The first-order valence-electron chi connectivity index (χ1n) is 27.5. The SMILES string of the molecule is CCCCCCCCCCCCCCCCCC(O)C(C)CC(C)C(=O)OC1C(OC2OC(CO)C(O)C(O)C2OSOOO)OC(CO)C(O)C1OC(=O)C(C)CCCCCCCCCCCCC. The van der Waals surface area contributed by atoms with Crippen molar-refractivity contribution in [1.82, 2.24) is 0 Å². The molecule has 2 aliphatic rings. The highest BCUT2D eigenvalue weighted by atomic mass is 32.2. The van der Waals surface area contributed by atoms with Gasteiger partial charge in [-0.25, -0.2) is 5.26 Å². The lowest BCUT2D eigenvalue weighted by Gasteiger charge is -2.46. The molecular formula is C52H98O17S. The van der Waals surface area contributed by atoms with E-state index in [0.29, 0.717) is 12.8 Å². The Kier molecular flexibility index (Phi) is 37.2. The monoisotopic (exact) mass is 1030 g/mol. The summed E-state index contributed by atoms with van der Waals surface area (Å²) in [6, 6.07) is 0. The highest BCUT2D eigenvalue weighted by molar-refractivity contribution is 7.89. The molecular weight excluding hydrogens is 929 g/mol. The minimum Gasteiger partial charge on any atom is -0.455 e. The Morgan fingerprint density at radius 1 is 0.529 bits per heavy atom. The zero-order chi connectivity index (χ0) is 51.5. The Morgan fingerprint density at radius 2 is 0.929 bits per heavy atom. The van der Waals surface area contributed by atoms with E-state index in [-0.39, 0.29) is 24.7 Å². The first kappa shape index (κ1) is 64.9. The van der Waals surface area contributed by atoms with Crippen molar-refractivity contribution >= 4 is 24.3 Å². The fourth-order valence-corrected chi connectivity index (χ4v) is 9.79. The summed E-state index contributed by atoms with van der Waals surface area (Å²) < 4.78 is 39.3. The molecule has 17 nitrogen and oxygen atoms in total. The van der Waals surface area contributed by atoms with Crippen molar-refractivity contribution in [2.45, 2.75) is 288 Å². The number of aliphatic hydroxyl groups excluding tert-OH is 6. The van der Waals surface area contributed by atoms with E-state index in [1.165, 1.54) is 122 Å². The number of rotatable bonds is 43. The summed E-state index contributed by atoms with van der Waals surface area (Å²) >= 11 is 0.0489. The van der Waals surface area contributed by atoms with Gasteiger partial charge in [0.05, 0.1) is 31.2 Å². The van der Waals surface area contributed by atoms with Crippen LogP contribution in [0.1, 0.15) is 221 Å². The lowest BCUT2D eigenvalue weighted by Crippen LogP contribution is -2.65. The number of hydrogen-bond acceptors (Lipinski definition) is 18. The van der Waals surface area contributed by atoms with Gasteiger partial charge in [-0.2, -0.15) is 0 Å². The molecule has 70 heavy (non-hydrogen) atoms. The van der Waals surface area contributed by atoms with Crippen LogP contribution < -0.4 is 0 Å². The lowest BCUT2D eigenvalue weighted by atomic mass is 9.90. The molecule has 0 aliphatic carbocycles. The maximum Gasteiger partial charge on any atom is 0.309 e. The molecule has 7 N–H and O–H groups in total. The Labute approximate surface area is 425 Å². The molecule has 18 heteroatoms. The third kappa shape index (κ3) is 25.8. The van der Waals surface area contributed by atoms with Crippen molar-refractivity contribution < 1.29 is 82.7 Å². The van der Waals surface area contributed by atoms with Gasteiger partial charge in [-0.15, -0.1) is 4.33 Å². The first-order chi connectivity index (χ1) is 33.8. The van der Waals surface area contributed by atoms with Gasteiger partial charge in [0, 0.05) is 0 Å². The molecule has 14 atom stereocenters. The summed E-state index contributed by atoms with van der Waals surface area (Å²) in [6.07, 6.45) is 15.6. The van der Waals surface area contributed by atoms with Crippen molar-refractivity contribution in [1.29, 1.82) is 0 Å². The second-order valence-electron chi connectivity index (χ2n) is 20.3. The van der Waals surface area contributed by atoms with Crippen molar-refractivity contribution in [2.24, 2.45) is 17.8 Å². The van der Waals surface area contributed by atoms with E-state index in [1.54, 1.807) is 13.8 Å². The van der Waals surface area contributed by atoms with Crippen LogP contribution in [0, 0.1) is 17.8 Å². The Balaban J connectivity index is 2.08. The standard InChI is InChI=1S/C52H98O17S/c1-6-8-10-12-14-16-18-19-20-21-23-25-27-29-31-33-40(55)38(4)34-39(5)50(60)65-48-46(64-49(59)37(3)32-30-28-26-24-22-17-15-13-11-9-7-2)44(57)42(36-54)63-52(48)66-51-47(67-70-69-68-61)45(58)43(56)41(35-53)62-51/h37-48,51-58,61H,6-36H2,1-5H3. The van der Waals surface area contributed by atoms with Gasteiger partial charge < -0.3 is 54.3 Å². The number of unbranched alkanes of at least 4 members (excludes halogenated alkanes) is 24. The molecule has 2 saturated heterocycles. The molecule has 0 radical (unpaired) electrons. The maximum atomic E-state index is 14.0. The van der Waals surface area contributed by atoms with Crippen LogP contribution in [0.3, 0.4) is 0 Å². The Bertz CT molecular complexity index is 1290. The summed E-state index contributed by atoms with van der Waals surface area (Å²) in [4.78, 5) is 27.7. The summed E-state index contributed by atoms with van der Waals surface area (Å²) in [5.74, 6) is -3.12. The normalized spacial score (nSPS) is 26.7. The van der Waals surface area contributed by atoms with Crippen LogP contribution in [0.2, 0.25) is 0 Å². The fourth-order valence-electron chi connectivity index (χ4n) is 9.44. The molecule has 0 bridgehead atoms. The van der Waals surface area contributed by atoms with E-state index in [1.807, 2.05) is 6.92 Å². The third-order valence-electron chi connectivity index (χ3n) is 14.1. The minimum atomic E-state index is -1.79. The second-order valence-corrected chi connectivity index (χ2v) is 20.7. The molecule has 2 rings (SSSR count). The minimum absolute atomic E-state index is 0.0489. The van der Waals surface area contributed by atoms with Crippen LogP contribution in [-0.4, -0.2) is 129 Å². The topological polar surface area (TPSA) is 250 Å². The second kappa shape index (κ2) is 40.1. The zero-order valence-corrected chi connectivity index (χ0v) is 44.4. The van der Waals surface area contributed by atoms with Crippen LogP contribution in [0.5, 0.6) is 0 Å². The number of carbonyl (C=O) groups is 2. The van der Waals surface area contributed by atoms with Gasteiger partial charge in [-0.3, -0.25) is 13.8 Å². The zero-order valence-electron chi connectivity index (χ0n) is 43.6. The van der Waals surface area contributed by atoms with Crippen molar-refractivity contribution in [3.8, 4) is 0 Å². The van der Waals surface area contributed by atoms with Crippen molar-refractivity contribution in [3.05, 3.63) is 0 Å². The van der Waals surface area contributed by atoms with Crippen LogP contribution >= 0.6 is 12.3 Å². The van der Waals surface area contributed by atoms with Crippen LogP contribution in [0.4, 0.5) is 0 Å². The number of carbonyl (C=O) groups excluding carboxylic acids is 2. The maximum absolute atomic E-state index is 14.0. The average Bonchev–Trinajstić information content (AvgIpc) is 3.35. The van der Waals surface area contributed by atoms with Crippen LogP contribution in [0.25, 0.3) is 0 Å². The average molecular weight is 1030 g/mol. The van der Waals surface area contributed by atoms with E-state index in [0.717, 1.165) is 44.9 Å². The molecule has 0 aromatic carbocycles. The lowest BCUT2D eigenvalue weighted by molar-refractivity contribution is -0.435. The van der Waals surface area contributed by atoms with E-state index in [9.17, 15) is 40.2 Å². The molecule has 414 valence electrons. The Morgan fingerprint density at radius 3 is 1.39 bits per heavy atom. The van der Waals surface area contributed by atoms with Gasteiger partial charge in [0.25, 0.3) is 0 Å². The van der Waals surface area contributed by atoms with Crippen molar-refractivity contribution in [2.75, 3.05) is 13.2 Å². The number of aliphatic hydroxyl groups is 6. The predicted molar refractivity (Wildman–Crippen MR) is 266 cm³/mol. The quantitative estimate of drug-likeness (QED) is 0.00988. The molecule has 0 spiro atoms. The molecule has 0 saturated carbocycles. The predicted octanol–water partition coefficient (Wildman–Crippen LogP) is 9.34. The number of hydrogen-bond donors (Lipinski definition) is 7. The smallest absolute Gasteiger partial charge is 0.309 e. The first-order valence-corrected chi connectivity index (χ1v) is 28.1. The summed E-state index contributed by atoms with van der Waals surface area (Å²) in [5.41, 5.74) is 0. The highest BCUT2D eigenvalue weighted by Crippen LogP contribution is 2.35. The number of esters is 2. The van der Waals surface area contributed by atoms with E-state index >= 15 is 0 Å². The van der Waals surface area contributed by atoms with Gasteiger partial charge in [-0.05, 0) is 25.2 Å².